The first kappa shape index (κ1) is 33.8. The molecule has 11 rings (SSSR count). The molecule has 0 fully saturated rings. The molecular formula is C58H50N5OPtSi-3. The Hall–Kier alpha value is -6.66. The Morgan fingerprint density at radius 3 is 1.98 bits per heavy atom. The van der Waals surface area contributed by atoms with Crippen molar-refractivity contribution in [2.75, 3.05) is 9.80 Å². The van der Waals surface area contributed by atoms with Crippen LogP contribution in [0.3, 0.4) is 0 Å². The molecule has 0 spiro atoms. The van der Waals surface area contributed by atoms with E-state index in [2.05, 4.69) is 68.4 Å². The zero-order chi connectivity index (χ0) is 52.3. The molecular weight excluding hydrogens is 1010 g/mol. The van der Waals surface area contributed by atoms with Gasteiger partial charge in [-0.15, -0.1) is 42.0 Å². The van der Waals surface area contributed by atoms with Crippen LogP contribution in [0.4, 0.5) is 22.7 Å². The van der Waals surface area contributed by atoms with Crippen LogP contribution in [0.25, 0.3) is 61.0 Å². The van der Waals surface area contributed by atoms with Crippen LogP contribution in [-0.4, -0.2) is 22.2 Å². The molecule has 0 saturated carbocycles. The van der Waals surface area contributed by atoms with Crippen LogP contribution in [0.15, 0.2) is 170 Å². The molecule has 6 nitrogen and oxygen atoms in total. The first-order chi connectivity index (χ1) is 35.1. The summed E-state index contributed by atoms with van der Waals surface area (Å²) in [7, 11) is -2.12. The van der Waals surface area contributed by atoms with Crippen molar-refractivity contribution in [2.24, 2.45) is 6.98 Å². The van der Waals surface area contributed by atoms with Crippen molar-refractivity contribution in [1.29, 1.82) is 0 Å². The molecule has 0 unspecified atom stereocenters. The summed E-state index contributed by atoms with van der Waals surface area (Å²) in [6.45, 7) is 12.2. The summed E-state index contributed by atoms with van der Waals surface area (Å²) in [4.78, 5) is 8.94. The summed E-state index contributed by atoms with van der Waals surface area (Å²) in [5, 5.41) is 1.65. The fraction of sp³-hybridized carbons (Fsp3) is 0.138. The molecule has 0 N–H and O–H groups in total. The van der Waals surface area contributed by atoms with E-state index < -0.39 is 32.5 Å². The van der Waals surface area contributed by atoms with Gasteiger partial charge in [-0.2, -0.15) is 17.3 Å². The van der Waals surface area contributed by atoms with Crippen molar-refractivity contribution in [3.05, 3.63) is 194 Å². The third kappa shape index (κ3) is 7.54. The average Bonchev–Trinajstić information content (AvgIpc) is 4.06. The van der Waals surface area contributed by atoms with Gasteiger partial charge in [0.05, 0.1) is 27.3 Å². The van der Waals surface area contributed by atoms with E-state index in [-0.39, 0.29) is 73.4 Å². The van der Waals surface area contributed by atoms with Crippen LogP contribution in [0.2, 0.25) is 19.6 Å². The molecule has 0 aliphatic carbocycles. The molecule has 330 valence electrons. The molecule has 0 bridgehead atoms. The van der Waals surface area contributed by atoms with E-state index in [4.69, 9.17) is 19.3 Å². The van der Waals surface area contributed by atoms with Gasteiger partial charge >= 0.3 is 0 Å². The Morgan fingerprint density at radius 2 is 1.32 bits per heavy atom. The zero-order valence-electron chi connectivity index (χ0n) is 46.2. The Labute approximate surface area is 415 Å². The molecule has 66 heavy (non-hydrogen) atoms. The number of benzene rings is 8. The normalized spacial score (nSPS) is 15.0. The SMILES string of the molecule is [2H]c1c(-c2ccccc2)c(N2[CH-]N(c3[c-]c(Oc4[c-]c5c(cc4)c4c([2H])c([2H])c([2H])c([2H])c4n5-c4nc5ccccc5n4C([2H])([2H])[2H])cc([Si](C)(C)C)c3)c3ccccc32)c(-c2ccccc2)c([2H])c1C(C)(C)C.[Pt]. The number of fused-ring (bicyclic) bond motifs is 5. The van der Waals surface area contributed by atoms with Crippen LogP contribution in [0, 0.1) is 18.8 Å². The second kappa shape index (κ2) is 16.6. The van der Waals surface area contributed by atoms with Crippen molar-refractivity contribution >= 4 is 68.8 Å². The molecule has 1 aliphatic heterocycles. The van der Waals surface area contributed by atoms with E-state index in [1.165, 1.54) is 4.57 Å². The Morgan fingerprint density at radius 1 is 0.682 bits per heavy atom. The van der Waals surface area contributed by atoms with Crippen LogP contribution < -0.4 is 19.7 Å². The van der Waals surface area contributed by atoms with E-state index in [1.54, 1.807) is 36.4 Å². The van der Waals surface area contributed by atoms with E-state index in [9.17, 15) is 2.74 Å². The van der Waals surface area contributed by atoms with Crippen molar-refractivity contribution in [3.8, 4) is 39.7 Å². The van der Waals surface area contributed by atoms with E-state index in [0.717, 1.165) is 32.3 Å². The van der Waals surface area contributed by atoms with Gasteiger partial charge in [-0.1, -0.05) is 149 Å². The number of aromatic nitrogens is 3. The average molecular weight is 1070 g/mol. The fourth-order valence-electron chi connectivity index (χ4n) is 8.56. The van der Waals surface area contributed by atoms with Gasteiger partial charge in [0.1, 0.15) is 0 Å². The van der Waals surface area contributed by atoms with Crippen molar-refractivity contribution in [2.45, 2.75) is 45.8 Å². The number of aryl methyl sites for hydroxylation is 1. The van der Waals surface area contributed by atoms with Gasteiger partial charge in [0.2, 0.25) is 5.95 Å². The standard InChI is InChI=1S/C58H50N5OSi.Pt/c1-58(2,3)41-32-48(39-20-10-8-11-21-39)56(49(33-41)40-22-12-9-13-23-40)62-38-61(53-28-18-19-29-54(53)62)42-34-44(36-45(35-42)65(5,6)7)64-43-30-31-47-46-24-14-16-26-51(46)63(55(47)37-43)57-59-50-25-15-17-27-52(50)60(57)4;/h8-33,35-36,38H,1-7H3;/q-3;/i4D3,14D,16D,24D,26D,32D,33D;. The summed E-state index contributed by atoms with van der Waals surface area (Å²) in [5.74, 6) is 0.523. The van der Waals surface area contributed by atoms with Crippen LogP contribution in [0.1, 0.15) is 38.7 Å². The quantitative estimate of drug-likeness (QED) is 0.112. The van der Waals surface area contributed by atoms with Crippen LogP contribution in [-0.2, 0) is 33.5 Å². The predicted octanol–water partition coefficient (Wildman–Crippen LogP) is 14.6. The number of hydrogen-bond donors (Lipinski definition) is 0. The Bertz CT molecular complexity index is 3840. The van der Waals surface area contributed by atoms with Gasteiger partial charge in [0.15, 0.2) is 0 Å². The number of hydrogen-bond acceptors (Lipinski definition) is 4. The predicted molar refractivity (Wildman–Crippen MR) is 273 cm³/mol. The topological polar surface area (TPSA) is 38.5 Å². The van der Waals surface area contributed by atoms with Crippen molar-refractivity contribution in [1.82, 2.24) is 14.1 Å². The maximum absolute atomic E-state index is 9.96. The molecule has 10 aromatic rings. The smallest absolute Gasteiger partial charge is 0.213 e. The van der Waals surface area contributed by atoms with E-state index in [1.807, 2.05) is 97.7 Å². The van der Waals surface area contributed by atoms with Crippen LogP contribution >= 0.6 is 0 Å². The largest absolute Gasteiger partial charge is 0.509 e. The third-order valence-corrected chi connectivity index (χ3v) is 13.9. The number of anilines is 4. The monoisotopic (exact) mass is 1060 g/mol. The van der Waals surface area contributed by atoms with E-state index in [0.29, 0.717) is 50.2 Å². The summed E-state index contributed by atoms with van der Waals surface area (Å²) in [5.41, 5.74) is 7.28. The number of ether oxygens (including phenoxy) is 1. The summed E-state index contributed by atoms with van der Waals surface area (Å²) in [6, 6.07) is 48.2. The second-order valence-electron chi connectivity index (χ2n) is 18.4. The molecule has 0 atom stereocenters. The minimum atomic E-state index is -2.73. The minimum Gasteiger partial charge on any atom is -0.509 e. The Balaban J connectivity index is 0.00000641. The van der Waals surface area contributed by atoms with Gasteiger partial charge in [0.25, 0.3) is 0 Å². The number of imidazole rings is 1. The summed E-state index contributed by atoms with van der Waals surface area (Å²) < 4.78 is 90.7. The summed E-state index contributed by atoms with van der Waals surface area (Å²) >= 11 is 0. The Kier molecular flexibility index (Phi) is 8.51. The third-order valence-electron chi connectivity index (χ3n) is 11.9. The minimum absolute atomic E-state index is 0. The zero-order valence-corrected chi connectivity index (χ0v) is 40.5. The van der Waals surface area contributed by atoms with Crippen molar-refractivity contribution in [3.63, 3.8) is 0 Å². The van der Waals surface area contributed by atoms with Gasteiger partial charge in [-0.3, -0.25) is 0 Å². The molecule has 2 aromatic heterocycles. The molecule has 0 radical (unpaired) electrons. The van der Waals surface area contributed by atoms with Crippen molar-refractivity contribution < 1.29 is 38.1 Å². The van der Waals surface area contributed by atoms with Gasteiger partial charge in [-0.05, 0) is 69.9 Å². The molecule has 1 aliphatic rings. The number of nitrogens with zero attached hydrogens (tertiary/aromatic N) is 5. The fourth-order valence-corrected chi connectivity index (χ4v) is 9.69. The summed E-state index contributed by atoms with van der Waals surface area (Å²) in [6.07, 6.45) is 0. The molecule has 8 heteroatoms. The van der Waals surface area contributed by atoms with Gasteiger partial charge < -0.3 is 23.7 Å². The molecule has 8 aromatic carbocycles. The molecule has 3 heterocycles. The van der Waals surface area contributed by atoms with Gasteiger partial charge in [0, 0.05) is 77.4 Å². The van der Waals surface area contributed by atoms with Gasteiger partial charge in [-0.25, -0.2) is 4.98 Å². The first-order valence-corrected chi connectivity index (χ1v) is 25.1. The maximum atomic E-state index is 9.96. The molecule has 0 saturated heterocycles. The van der Waals surface area contributed by atoms with E-state index >= 15 is 0 Å². The first-order valence-electron chi connectivity index (χ1n) is 26.1. The second-order valence-corrected chi connectivity index (χ2v) is 23.5. The number of para-hydroxylation sites is 5. The molecule has 0 amide bonds. The number of rotatable bonds is 8. The van der Waals surface area contributed by atoms with Crippen LogP contribution in [0.5, 0.6) is 11.5 Å². The maximum Gasteiger partial charge on any atom is 0.213 e.